The number of halogens is 2. The average molecular weight is 316 g/mol. The molecular formula is C14H15Cl2NO3. The van der Waals surface area contributed by atoms with Crippen molar-refractivity contribution in [3.8, 4) is 0 Å². The van der Waals surface area contributed by atoms with Gasteiger partial charge in [-0.25, -0.2) is 4.79 Å². The fraction of sp³-hybridized carbons (Fsp3) is 0.429. The largest absolute Gasteiger partial charge is 0.480 e. The molecule has 0 aliphatic carbocycles. The van der Waals surface area contributed by atoms with Gasteiger partial charge < -0.3 is 10.0 Å². The number of carbonyl (C=O) groups is 2. The first-order chi connectivity index (χ1) is 9.40. The van der Waals surface area contributed by atoms with Gasteiger partial charge in [0.2, 0.25) is 0 Å². The molecule has 6 heteroatoms. The predicted octanol–water partition coefficient (Wildman–Crippen LogP) is 3.32. The maximum Gasteiger partial charge on any atom is 0.326 e. The molecule has 0 bridgehead atoms. The van der Waals surface area contributed by atoms with Gasteiger partial charge in [0.15, 0.2) is 0 Å². The van der Waals surface area contributed by atoms with E-state index >= 15 is 0 Å². The number of aliphatic carboxylic acids is 1. The second-order valence-electron chi connectivity index (χ2n) is 5.06. The first-order valence-corrected chi connectivity index (χ1v) is 7.15. The molecule has 0 spiro atoms. The first-order valence-electron chi connectivity index (χ1n) is 6.40. The van der Waals surface area contributed by atoms with Crippen LogP contribution in [0.3, 0.4) is 0 Å². The second-order valence-corrected chi connectivity index (χ2v) is 5.93. The van der Waals surface area contributed by atoms with Crippen LogP contribution in [-0.2, 0) is 4.79 Å². The molecule has 1 aliphatic heterocycles. The van der Waals surface area contributed by atoms with Crippen molar-refractivity contribution >= 4 is 35.1 Å². The zero-order valence-corrected chi connectivity index (χ0v) is 12.5. The van der Waals surface area contributed by atoms with Gasteiger partial charge in [-0.1, -0.05) is 30.1 Å². The van der Waals surface area contributed by atoms with Gasteiger partial charge in [-0.15, -0.1) is 0 Å². The molecule has 2 rings (SSSR count). The molecule has 1 saturated heterocycles. The number of hydrogen-bond acceptors (Lipinski definition) is 2. The number of amides is 1. The van der Waals surface area contributed by atoms with Crippen LogP contribution in [0.5, 0.6) is 0 Å². The maximum absolute atomic E-state index is 12.5. The van der Waals surface area contributed by atoms with E-state index in [0.29, 0.717) is 22.2 Å². The number of nitrogens with zero attached hydrogens (tertiary/aromatic N) is 1. The van der Waals surface area contributed by atoms with Crippen molar-refractivity contribution in [2.24, 2.45) is 5.92 Å². The van der Waals surface area contributed by atoms with Gasteiger partial charge in [0, 0.05) is 22.2 Å². The summed E-state index contributed by atoms with van der Waals surface area (Å²) in [4.78, 5) is 25.3. The fourth-order valence-electron chi connectivity index (χ4n) is 2.64. The summed E-state index contributed by atoms with van der Waals surface area (Å²) in [7, 11) is 0. The summed E-state index contributed by atoms with van der Waals surface area (Å²) < 4.78 is 0. The molecular weight excluding hydrogens is 301 g/mol. The number of likely N-dealkylation sites (tertiary alicyclic amines) is 1. The molecule has 2 atom stereocenters. The van der Waals surface area contributed by atoms with Gasteiger partial charge in [0.05, 0.1) is 0 Å². The van der Waals surface area contributed by atoms with Crippen molar-refractivity contribution in [1.29, 1.82) is 0 Å². The summed E-state index contributed by atoms with van der Waals surface area (Å²) in [5.74, 6) is -1.38. The normalized spacial score (nSPS) is 22.6. The number of piperidine rings is 1. The lowest BCUT2D eigenvalue weighted by atomic mass is 9.90. The van der Waals surface area contributed by atoms with Gasteiger partial charge in [0.25, 0.3) is 5.91 Å². The van der Waals surface area contributed by atoms with Crippen LogP contribution >= 0.6 is 23.2 Å². The van der Waals surface area contributed by atoms with Crippen LogP contribution in [0.4, 0.5) is 0 Å². The Bertz CT molecular complexity index is 527. The Morgan fingerprint density at radius 2 is 1.85 bits per heavy atom. The Hall–Kier alpha value is -1.26. The molecule has 0 aromatic heterocycles. The molecule has 0 saturated carbocycles. The Kier molecular flexibility index (Phi) is 4.55. The minimum absolute atomic E-state index is 0.0696. The maximum atomic E-state index is 12.5. The van der Waals surface area contributed by atoms with Crippen LogP contribution < -0.4 is 0 Å². The highest BCUT2D eigenvalue weighted by atomic mass is 35.5. The number of rotatable bonds is 2. The highest BCUT2D eigenvalue weighted by Gasteiger charge is 2.37. The lowest BCUT2D eigenvalue weighted by Gasteiger charge is -2.37. The van der Waals surface area contributed by atoms with Gasteiger partial charge in [-0.05, 0) is 37.0 Å². The Morgan fingerprint density at radius 3 is 2.40 bits per heavy atom. The molecule has 4 nitrogen and oxygen atoms in total. The third kappa shape index (κ3) is 3.07. The van der Waals surface area contributed by atoms with Crippen LogP contribution in [0.25, 0.3) is 0 Å². The standard InChI is InChI=1S/C14H15Cl2NO3/c1-8-3-2-4-17(12(8)14(19)20)13(18)9-5-10(15)7-11(16)6-9/h5-8,12H,2-4H2,1H3,(H,19,20). The lowest BCUT2D eigenvalue weighted by molar-refractivity contribution is -0.145. The van der Waals surface area contributed by atoms with E-state index in [1.807, 2.05) is 6.92 Å². The number of carboxylic acid groups (broad SMARTS) is 1. The highest BCUT2D eigenvalue weighted by Crippen LogP contribution is 2.27. The van der Waals surface area contributed by atoms with Gasteiger partial charge in [-0.3, -0.25) is 4.79 Å². The zero-order chi connectivity index (χ0) is 14.9. The van der Waals surface area contributed by atoms with Crippen LogP contribution in [0.2, 0.25) is 10.0 Å². The summed E-state index contributed by atoms with van der Waals surface area (Å²) in [5, 5.41) is 10.1. The Balaban J connectivity index is 2.32. The quantitative estimate of drug-likeness (QED) is 0.910. The smallest absolute Gasteiger partial charge is 0.326 e. The summed E-state index contributed by atoms with van der Waals surface area (Å²) in [6.07, 6.45) is 1.60. The third-order valence-corrected chi connectivity index (χ3v) is 3.99. The minimum Gasteiger partial charge on any atom is -0.480 e. The van der Waals surface area contributed by atoms with Crippen molar-refractivity contribution in [1.82, 2.24) is 4.90 Å². The molecule has 1 aromatic rings. The van der Waals surface area contributed by atoms with Crippen molar-refractivity contribution in [2.45, 2.75) is 25.8 Å². The van der Waals surface area contributed by atoms with E-state index in [0.717, 1.165) is 12.8 Å². The second kappa shape index (κ2) is 6.02. The van der Waals surface area contributed by atoms with E-state index in [4.69, 9.17) is 23.2 Å². The monoisotopic (exact) mass is 315 g/mol. The van der Waals surface area contributed by atoms with Crippen molar-refractivity contribution < 1.29 is 14.7 Å². The Labute approximate surface area is 127 Å². The SMILES string of the molecule is CC1CCCN(C(=O)c2cc(Cl)cc(Cl)c2)C1C(=O)O. The lowest BCUT2D eigenvalue weighted by Crippen LogP contribution is -2.51. The minimum atomic E-state index is -0.973. The van der Waals surface area contributed by atoms with Crippen LogP contribution in [0.15, 0.2) is 18.2 Å². The van der Waals surface area contributed by atoms with Crippen molar-refractivity contribution in [3.63, 3.8) is 0 Å². The number of carbonyl (C=O) groups excluding carboxylic acids is 1. The predicted molar refractivity (Wildman–Crippen MR) is 77.3 cm³/mol. The van der Waals surface area contributed by atoms with E-state index in [9.17, 15) is 14.7 Å². The van der Waals surface area contributed by atoms with Crippen LogP contribution in [0.1, 0.15) is 30.1 Å². The third-order valence-electron chi connectivity index (χ3n) is 3.56. The molecule has 1 aliphatic rings. The van der Waals surface area contributed by atoms with E-state index in [-0.39, 0.29) is 11.8 Å². The summed E-state index contributed by atoms with van der Waals surface area (Å²) >= 11 is 11.8. The van der Waals surface area contributed by atoms with Crippen LogP contribution in [-0.4, -0.2) is 34.5 Å². The molecule has 2 unspecified atom stereocenters. The van der Waals surface area contributed by atoms with Gasteiger partial charge >= 0.3 is 5.97 Å². The molecule has 0 radical (unpaired) electrons. The molecule has 1 fully saturated rings. The van der Waals surface area contributed by atoms with Gasteiger partial charge in [-0.2, -0.15) is 0 Å². The summed E-state index contributed by atoms with van der Waals surface area (Å²) in [6, 6.07) is 3.75. The van der Waals surface area contributed by atoms with Crippen LogP contribution in [0, 0.1) is 5.92 Å². The van der Waals surface area contributed by atoms with E-state index < -0.39 is 12.0 Å². The summed E-state index contributed by atoms with van der Waals surface area (Å²) in [5.41, 5.74) is 0.322. The highest BCUT2D eigenvalue weighted by molar-refractivity contribution is 6.35. The zero-order valence-electron chi connectivity index (χ0n) is 11.0. The molecule has 108 valence electrons. The molecule has 1 amide bonds. The topological polar surface area (TPSA) is 57.6 Å². The molecule has 20 heavy (non-hydrogen) atoms. The van der Waals surface area contributed by atoms with Crippen molar-refractivity contribution in [3.05, 3.63) is 33.8 Å². The molecule has 1 heterocycles. The number of benzene rings is 1. The van der Waals surface area contributed by atoms with E-state index in [2.05, 4.69) is 0 Å². The number of hydrogen-bond donors (Lipinski definition) is 1. The fourth-order valence-corrected chi connectivity index (χ4v) is 3.16. The number of carboxylic acids is 1. The van der Waals surface area contributed by atoms with E-state index in [1.54, 1.807) is 0 Å². The average Bonchev–Trinajstić information content (AvgIpc) is 2.35. The van der Waals surface area contributed by atoms with Crippen molar-refractivity contribution in [2.75, 3.05) is 6.54 Å². The van der Waals surface area contributed by atoms with E-state index in [1.165, 1.54) is 23.1 Å². The Morgan fingerprint density at radius 1 is 1.25 bits per heavy atom. The molecule has 1 N–H and O–H groups in total. The molecule has 1 aromatic carbocycles. The van der Waals surface area contributed by atoms with Gasteiger partial charge in [0.1, 0.15) is 6.04 Å². The first kappa shape index (κ1) is 15.1. The summed E-state index contributed by atoms with van der Waals surface area (Å²) in [6.45, 7) is 2.29.